The van der Waals surface area contributed by atoms with Gasteiger partial charge in [-0.05, 0) is 17.7 Å². The van der Waals surface area contributed by atoms with Crippen LogP contribution in [0.15, 0.2) is 59.7 Å². The molecule has 1 aromatic heterocycles. The predicted molar refractivity (Wildman–Crippen MR) is 84.6 cm³/mol. The fraction of sp³-hybridized carbons (Fsp3) is 0.125. The van der Waals surface area contributed by atoms with Crippen LogP contribution in [-0.4, -0.2) is 17.2 Å². The van der Waals surface area contributed by atoms with E-state index in [1.807, 2.05) is 29.3 Å². The standard InChI is InChI=1S/C16H13N3S/c1-2-6-12(7-3-1)13-10-11-19(18-13)16-17-14-8-4-5-9-15(14)20-16/h1-9H,10-11H2. The Morgan fingerprint density at radius 1 is 0.950 bits per heavy atom. The largest absolute Gasteiger partial charge is 0.238 e. The number of hydrogen-bond donors (Lipinski definition) is 0. The van der Waals surface area contributed by atoms with Gasteiger partial charge in [-0.25, -0.2) is 9.99 Å². The van der Waals surface area contributed by atoms with E-state index in [1.165, 1.54) is 10.3 Å². The number of benzene rings is 2. The van der Waals surface area contributed by atoms with Gasteiger partial charge < -0.3 is 0 Å². The lowest BCUT2D eigenvalue weighted by molar-refractivity contribution is 0.916. The summed E-state index contributed by atoms with van der Waals surface area (Å²) in [7, 11) is 0. The summed E-state index contributed by atoms with van der Waals surface area (Å²) in [6.07, 6.45) is 0.972. The van der Waals surface area contributed by atoms with Gasteiger partial charge in [0.1, 0.15) is 0 Å². The molecule has 0 fully saturated rings. The quantitative estimate of drug-likeness (QED) is 0.711. The number of aromatic nitrogens is 1. The minimum atomic E-state index is 0.907. The van der Waals surface area contributed by atoms with Gasteiger partial charge in [-0.15, -0.1) is 0 Å². The van der Waals surface area contributed by atoms with Crippen molar-refractivity contribution in [1.29, 1.82) is 0 Å². The number of thiazole rings is 1. The Kier molecular flexibility index (Phi) is 2.74. The van der Waals surface area contributed by atoms with Crippen molar-refractivity contribution in [3.05, 3.63) is 60.2 Å². The van der Waals surface area contributed by atoms with Crippen molar-refractivity contribution in [2.45, 2.75) is 6.42 Å². The molecular formula is C16H13N3S. The molecule has 0 saturated heterocycles. The number of para-hydroxylation sites is 1. The Bertz CT molecular complexity index is 744. The summed E-state index contributed by atoms with van der Waals surface area (Å²) in [4.78, 5) is 4.66. The van der Waals surface area contributed by atoms with E-state index in [9.17, 15) is 0 Å². The van der Waals surface area contributed by atoms with E-state index in [1.54, 1.807) is 11.3 Å². The van der Waals surface area contributed by atoms with Crippen molar-refractivity contribution in [2.75, 3.05) is 11.6 Å². The first-order valence-electron chi connectivity index (χ1n) is 6.66. The molecule has 98 valence electrons. The molecule has 4 heteroatoms. The van der Waals surface area contributed by atoms with Crippen molar-refractivity contribution >= 4 is 32.4 Å². The van der Waals surface area contributed by atoms with Crippen LogP contribution in [0.4, 0.5) is 5.13 Å². The third-order valence-electron chi connectivity index (χ3n) is 3.41. The Labute approximate surface area is 121 Å². The van der Waals surface area contributed by atoms with Gasteiger partial charge in [0.2, 0.25) is 5.13 Å². The minimum Gasteiger partial charge on any atom is -0.238 e. The van der Waals surface area contributed by atoms with E-state index in [4.69, 9.17) is 5.10 Å². The molecule has 4 rings (SSSR count). The van der Waals surface area contributed by atoms with Crippen molar-refractivity contribution in [1.82, 2.24) is 4.98 Å². The molecule has 2 aromatic carbocycles. The van der Waals surface area contributed by atoms with Crippen molar-refractivity contribution in [3.8, 4) is 0 Å². The highest BCUT2D eigenvalue weighted by Gasteiger charge is 2.19. The second-order valence-electron chi connectivity index (χ2n) is 4.75. The second-order valence-corrected chi connectivity index (χ2v) is 5.76. The zero-order chi connectivity index (χ0) is 13.4. The zero-order valence-electron chi connectivity index (χ0n) is 10.9. The lowest BCUT2D eigenvalue weighted by Gasteiger charge is -2.07. The summed E-state index contributed by atoms with van der Waals surface area (Å²) < 4.78 is 1.21. The maximum absolute atomic E-state index is 4.72. The molecule has 3 nitrogen and oxygen atoms in total. The van der Waals surface area contributed by atoms with Crippen LogP contribution < -0.4 is 5.01 Å². The Morgan fingerprint density at radius 2 is 1.75 bits per heavy atom. The number of rotatable bonds is 2. The number of anilines is 1. The maximum atomic E-state index is 4.72. The first kappa shape index (κ1) is 11.6. The van der Waals surface area contributed by atoms with Gasteiger partial charge in [0.15, 0.2) is 0 Å². The molecule has 1 aliphatic rings. The first-order chi connectivity index (χ1) is 9.90. The summed E-state index contributed by atoms with van der Waals surface area (Å²) in [5.41, 5.74) is 3.40. The lowest BCUT2D eigenvalue weighted by Crippen LogP contribution is -2.10. The van der Waals surface area contributed by atoms with Crippen molar-refractivity contribution in [3.63, 3.8) is 0 Å². The van der Waals surface area contributed by atoms with Gasteiger partial charge in [-0.1, -0.05) is 53.8 Å². The molecule has 0 atom stereocenters. The Hall–Kier alpha value is -2.20. The van der Waals surface area contributed by atoms with Crippen LogP contribution in [0.25, 0.3) is 10.2 Å². The molecule has 20 heavy (non-hydrogen) atoms. The van der Waals surface area contributed by atoms with Crippen molar-refractivity contribution < 1.29 is 0 Å². The van der Waals surface area contributed by atoms with Crippen LogP contribution in [0, 0.1) is 0 Å². The third-order valence-corrected chi connectivity index (χ3v) is 4.46. The summed E-state index contributed by atoms with van der Waals surface area (Å²) >= 11 is 1.70. The highest BCUT2D eigenvalue weighted by atomic mass is 32.1. The summed E-state index contributed by atoms with van der Waals surface area (Å²) in [6.45, 7) is 0.907. The van der Waals surface area contributed by atoms with Gasteiger partial charge in [0.25, 0.3) is 0 Å². The van der Waals surface area contributed by atoms with E-state index >= 15 is 0 Å². The van der Waals surface area contributed by atoms with E-state index in [0.717, 1.165) is 29.3 Å². The monoisotopic (exact) mass is 279 g/mol. The molecule has 0 amide bonds. The molecule has 1 aliphatic heterocycles. The van der Waals surface area contributed by atoms with Gasteiger partial charge in [-0.3, -0.25) is 0 Å². The molecule has 0 N–H and O–H groups in total. The van der Waals surface area contributed by atoms with Crippen LogP contribution in [0.1, 0.15) is 12.0 Å². The first-order valence-corrected chi connectivity index (χ1v) is 7.48. The molecule has 0 radical (unpaired) electrons. The molecule has 0 spiro atoms. The molecule has 0 saturated carbocycles. The number of fused-ring (bicyclic) bond motifs is 1. The zero-order valence-corrected chi connectivity index (χ0v) is 11.7. The molecule has 0 bridgehead atoms. The van der Waals surface area contributed by atoms with E-state index in [0.29, 0.717) is 0 Å². The third kappa shape index (κ3) is 1.98. The van der Waals surface area contributed by atoms with Crippen LogP contribution in [0.3, 0.4) is 0 Å². The Morgan fingerprint density at radius 3 is 2.60 bits per heavy atom. The molecule has 3 aromatic rings. The van der Waals surface area contributed by atoms with Gasteiger partial charge in [0, 0.05) is 13.0 Å². The SMILES string of the molecule is c1ccc(C2=NN(c3nc4ccccc4s3)CC2)cc1. The van der Waals surface area contributed by atoms with Crippen LogP contribution in [-0.2, 0) is 0 Å². The second kappa shape index (κ2) is 4.72. The summed E-state index contributed by atoms with van der Waals surface area (Å²) in [5, 5.41) is 7.73. The number of nitrogens with zero attached hydrogens (tertiary/aromatic N) is 3. The summed E-state index contributed by atoms with van der Waals surface area (Å²) in [5.74, 6) is 0. The van der Waals surface area contributed by atoms with Gasteiger partial charge >= 0.3 is 0 Å². The van der Waals surface area contributed by atoms with Crippen molar-refractivity contribution in [2.24, 2.45) is 5.10 Å². The van der Waals surface area contributed by atoms with Crippen LogP contribution in [0.5, 0.6) is 0 Å². The van der Waals surface area contributed by atoms with E-state index < -0.39 is 0 Å². The van der Waals surface area contributed by atoms with Crippen LogP contribution in [0.2, 0.25) is 0 Å². The fourth-order valence-electron chi connectivity index (χ4n) is 2.40. The normalized spacial score (nSPS) is 14.8. The molecule has 0 aliphatic carbocycles. The van der Waals surface area contributed by atoms with Gasteiger partial charge in [-0.2, -0.15) is 5.10 Å². The summed E-state index contributed by atoms with van der Waals surface area (Å²) in [6, 6.07) is 18.6. The molecule has 0 unspecified atom stereocenters. The van der Waals surface area contributed by atoms with Crippen LogP contribution >= 0.6 is 11.3 Å². The average Bonchev–Trinajstić information content (AvgIpc) is 3.14. The highest BCUT2D eigenvalue weighted by Crippen LogP contribution is 2.30. The topological polar surface area (TPSA) is 28.5 Å². The lowest BCUT2D eigenvalue weighted by atomic mass is 10.1. The predicted octanol–water partition coefficient (Wildman–Crippen LogP) is 3.91. The van der Waals surface area contributed by atoms with Gasteiger partial charge in [0.05, 0.1) is 15.9 Å². The highest BCUT2D eigenvalue weighted by molar-refractivity contribution is 7.22. The Balaban J connectivity index is 1.68. The molecule has 2 heterocycles. The number of hydrogen-bond acceptors (Lipinski definition) is 4. The minimum absolute atomic E-state index is 0.907. The molecular weight excluding hydrogens is 266 g/mol. The fourth-order valence-corrected chi connectivity index (χ4v) is 3.34. The maximum Gasteiger partial charge on any atom is 0.207 e. The smallest absolute Gasteiger partial charge is 0.207 e. The van der Waals surface area contributed by atoms with E-state index in [-0.39, 0.29) is 0 Å². The van der Waals surface area contributed by atoms with E-state index in [2.05, 4.69) is 35.3 Å². The number of hydrazone groups is 1. The average molecular weight is 279 g/mol.